The Kier molecular flexibility index (Phi) is 9.21. The minimum absolute atomic E-state index is 0.0277. The monoisotopic (exact) mass is 598 g/mol. The molecule has 220 valence electrons. The summed E-state index contributed by atoms with van der Waals surface area (Å²) in [4.78, 5) is 52.1. The lowest BCUT2D eigenvalue weighted by Crippen LogP contribution is -2.71. The number of fused-ring (bicyclic) bond motifs is 1. The zero-order chi connectivity index (χ0) is 30.3. The first-order valence-electron chi connectivity index (χ1n) is 13.5. The van der Waals surface area contributed by atoms with Crippen LogP contribution in [-0.2, 0) is 28.8 Å². The van der Waals surface area contributed by atoms with Crippen molar-refractivity contribution < 1.29 is 28.8 Å². The number of rotatable bonds is 10. The molecule has 43 heavy (non-hydrogen) atoms. The van der Waals surface area contributed by atoms with Gasteiger partial charge in [0.05, 0.1) is 6.21 Å². The van der Waals surface area contributed by atoms with Crippen molar-refractivity contribution in [2.75, 3.05) is 14.2 Å². The van der Waals surface area contributed by atoms with E-state index >= 15 is 0 Å². The summed E-state index contributed by atoms with van der Waals surface area (Å²) in [5.41, 5.74) is 2.63. The summed E-state index contributed by atoms with van der Waals surface area (Å²) in [6, 6.07) is 26.6. The number of thioether (sulfide) groups is 1. The first-order valence-corrected chi connectivity index (χ1v) is 14.5. The number of carbonyl (C=O) groups excluding carboxylic acids is 3. The molecule has 11 heteroatoms. The van der Waals surface area contributed by atoms with E-state index in [1.165, 1.54) is 37.1 Å². The van der Waals surface area contributed by atoms with Crippen LogP contribution in [0.25, 0.3) is 0 Å². The second-order valence-corrected chi connectivity index (χ2v) is 11.1. The molecule has 0 saturated carbocycles. The van der Waals surface area contributed by atoms with Crippen molar-refractivity contribution in [2.45, 2.75) is 29.7 Å². The van der Waals surface area contributed by atoms with Crippen molar-refractivity contribution in [2.24, 2.45) is 10.3 Å². The van der Waals surface area contributed by atoms with Crippen LogP contribution < -0.4 is 5.32 Å². The van der Waals surface area contributed by atoms with E-state index in [9.17, 15) is 14.4 Å². The Morgan fingerprint density at radius 1 is 0.907 bits per heavy atom. The van der Waals surface area contributed by atoms with Crippen LogP contribution >= 0.6 is 11.8 Å². The van der Waals surface area contributed by atoms with Crippen molar-refractivity contribution in [3.05, 3.63) is 119 Å². The molecule has 0 bridgehead atoms. The van der Waals surface area contributed by atoms with Gasteiger partial charge in [-0.3, -0.25) is 14.5 Å². The number of ether oxygens (including phenoxy) is 1. The molecule has 2 aliphatic heterocycles. The highest BCUT2D eigenvalue weighted by atomic mass is 32.2. The molecule has 3 aromatic carbocycles. The number of oxime groups is 2. The second kappa shape index (κ2) is 13.4. The molecule has 3 atom stereocenters. The third kappa shape index (κ3) is 6.17. The van der Waals surface area contributed by atoms with Crippen LogP contribution in [0, 0.1) is 0 Å². The third-order valence-corrected chi connectivity index (χ3v) is 8.41. The van der Waals surface area contributed by atoms with E-state index in [0.29, 0.717) is 11.1 Å². The molecule has 0 radical (unpaired) electrons. The van der Waals surface area contributed by atoms with E-state index in [-0.39, 0.29) is 16.7 Å². The number of benzene rings is 3. The maximum atomic E-state index is 14.0. The summed E-state index contributed by atoms with van der Waals surface area (Å²) in [5, 5.41) is 9.70. The summed E-state index contributed by atoms with van der Waals surface area (Å²) >= 11 is 1.41. The summed E-state index contributed by atoms with van der Waals surface area (Å²) in [6.45, 7) is 1.89. The third-order valence-electron chi connectivity index (χ3n) is 6.99. The van der Waals surface area contributed by atoms with E-state index in [1.54, 1.807) is 24.3 Å². The summed E-state index contributed by atoms with van der Waals surface area (Å²) < 4.78 is 6.14. The Labute approximate surface area is 253 Å². The molecule has 2 heterocycles. The number of amides is 2. The lowest BCUT2D eigenvalue weighted by Gasteiger charge is -2.51. The molecule has 0 spiro atoms. The molecule has 0 aliphatic carbocycles. The second-order valence-electron chi connectivity index (χ2n) is 9.64. The average molecular weight is 599 g/mol. The topological polar surface area (TPSA) is 119 Å². The Balaban J connectivity index is 1.45. The van der Waals surface area contributed by atoms with Gasteiger partial charge in [-0.2, -0.15) is 0 Å². The fourth-order valence-electron chi connectivity index (χ4n) is 4.95. The highest BCUT2D eigenvalue weighted by Gasteiger charge is 2.56. The number of nitrogens with one attached hydrogen (secondary N) is 1. The Morgan fingerprint density at radius 2 is 1.49 bits per heavy atom. The molecule has 1 saturated heterocycles. The van der Waals surface area contributed by atoms with Crippen LogP contribution in [0.5, 0.6) is 0 Å². The summed E-state index contributed by atoms with van der Waals surface area (Å²) in [5.74, 6) is -1.74. The van der Waals surface area contributed by atoms with Crippen LogP contribution in [0.3, 0.4) is 0 Å². The van der Waals surface area contributed by atoms with Gasteiger partial charge in [-0.1, -0.05) is 101 Å². The number of hydrogen-bond donors (Lipinski definition) is 1. The molecular formula is C32H30N4O6S. The van der Waals surface area contributed by atoms with E-state index in [1.807, 2.05) is 73.7 Å². The quantitative estimate of drug-likeness (QED) is 0.162. The van der Waals surface area contributed by atoms with Crippen LogP contribution in [0.1, 0.15) is 29.7 Å². The van der Waals surface area contributed by atoms with Crippen LogP contribution in [0.2, 0.25) is 0 Å². The van der Waals surface area contributed by atoms with Gasteiger partial charge < -0.3 is 19.7 Å². The molecule has 3 aromatic rings. The maximum Gasteiger partial charge on any atom is 0.356 e. The number of hydrogen-bond acceptors (Lipinski definition) is 9. The normalized spacial score (nSPS) is 20.0. The molecule has 1 fully saturated rings. The van der Waals surface area contributed by atoms with Gasteiger partial charge in [0.1, 0.15) is 31.3 Å². The smallest absolute Gasteiger partial charge is 0.356 e. The largest absolute Gasteiger partial charge is 0.448 e. The molecule has 2 amide bonds. The molecule has 1 N–H and O–H groups in total. The minimum Gasteiger partial charge on any atom is -0.448 e. The van der Waals surface area contributed by atoms with Gasteiger partial charge >= 0.3 is 5.97 Å². The average Bonchev–Trinajstić information content (AvgIpc) is 3.05. The van der Waals surface area contributed by atoms with Crippen molar-refractivity contribution in [3.8, 4) is 0 Å². The molecule has 2 aliphatic rings. The number of esters is 1. The highest BCUT2D eigenvalue weighted by Crippen LogP contribution is 2.44. The predicted molar refractivity (Wildman–Crippen MR) is 163 cm³/mol. The summed E-state index contributed by atoms with van der Waals surface area (Å²) in [7, 11) is 2.74. The predicted octanol–water partition coefficient (Wildman–Crippen LogP) is 4.04. The Bertz CT molecular complexity index is 1520. The standard InChI is InChI=1S/C32H30N4O6S/c1-20-24(19-33-40-2)27(32(39)42-28(22-15-9-5-10-16-22)23-17-11-6-12-18-23)36-30(38)26(31(36)43-20)34-29(37)25(35-41-3)21-13-7-4-8-14-21/h4-20,26,28,31H,1-3H3,(H,34,37)/b33-19?,35-25-/t20-,26?,31-/m1/s1. The number of β-lactam (4-membered cyclic amide) rings is 1. The van der Waals surface area contributed by atoms with E-state index < -0.39 is 35.3 Å². The van der Waals surface area contributed by atoms with Crippen molar-refractivity contribution >= 4 is 41.5 Å². The highest BCUT2D eigenvalue weighted by molar-refractivity contribution is 8.00. The van der Waals surface area contributed by atoms with Crippen molar-refractivity contribution in [1.29, 1.82) is 0 Å². The molecule has 1 unspecified atom stereocenters. The van der Waals surface area contributed by atoms with E-state index in [2.05, 4.69) is 15.6 Å². The minimum atomic E-state index is -0.909. The SMILES string of the molecule is CON=CC1=C(C(=O)OC(c2ccccc2)c2ccccc2)N2C(=O)C(NC(=O)/C(=N\OC)c3ccccc3)[C@H]2S[C@@H]1C. The Hall–Kier alpha value is -4.90. The van der Waals surface area contributed by atoms with Crippen molar-refractivity contribution in [3.63, 3.8) is 0 Å². The van der Waals surface area contributed by atoms with Gasteiger partial charge in [0.2, 0.25) is 0 Å². The molecule has 10 nitrogen and oxygen atoms in total. The molecular weight excluding hydrogens is 568 g/mol. The first-order chi connectivity index (χ1) is 20.9. The lowest BCUT2D eigenvalue weighted by molar-refractivity contribution is -0.154. The van der Waals surface area contributed by atoms with Gasteiger partial charge in [0.15, 0.2) is 11.8 Å². The number of carbonyl (C=O) groups is 3. The number of nitrogens with zero attached hydrogens (tertiary/aromatic N) is 3. The zero-order valence-electron chi connectivity index (χ0n) is 23.7. The van der Waals surface area contributed by atoms with Crippen molar-refractivity contribution in [1.82, 2.24) is 10.2 Å². The van der Waals surface area contributed by atoms with E-state index in [4.69, 9.17) is 14.4 Å². The van der Waals surface area contributed by atoms with Crippen LogP contribution in [-0.4, -0.2) is 65.5 Å². The molecule has 0 aromatic heterocycles. The summed E-state index contributed by atoms with van der Waals surface area (Å²) in [6.07, 6.45) is 0.694. The van der Waals surface area contributed by atoms with Gasteiger partial charge in [-0.15, -0.1) is 11.8 Å². The first kappa shape index (κ1) is 29.6. The zero-order valence-corrected chi connectivity index (χ0v) is 24.6. The maximum absolute atomic E-state index is 14.0. The lowest BCUT2D eigenvalue weighted by atomic mass is 9.99. The van der Waals surface area contributed by atoms with Gasteiger partial charge in [0.25, 0.3) is 11.8 Å². The fourth-order valence-corrected chi connectivity index (χ4v) is 6.36. The van der Waals surface area contributed by atoms with Gasteiger partial charge in [-0.25, -0.2) is 4.79 Å². The van der Waals surface area contributed by atoms with Gasteiger partial charge in [-0.05, 0) is 18.1 Å². The fraction of sp³-hybridized carbons (Fsp3) is 0.219. The van der Waals surface area contributed by atoms with E-state index in [0.717, 1.165) is 11.1 Å². The van der Waals surface area contributed by atoms with Gasteiger partial charge in [0, 0.05) is 16.4 Å². The van der Waals surface area contributed by atoms with Crippen LogP contribution in [0.4, 0.5) is 0 Å². The van der Waals surface area contributed by atoms with Crippen LogP contribution in [0.15, 0.2) is 113 Å². The molecule has 5 rings (SSSR count). The Morgan fingerprint density at radius 3 is 2.05 bits per heavy atom.